The Bertz CT molecular complexity index is 191. The molecule has 5 nitrogen and oxygen atoms in total. The van der Waals surface area contributed by atoms with E-state index in [0.717, 1.165) is 4.90 Å². The van der Waals surface area contributed by atoms with Gasteiger partial charge in [-0.25, -0.2) is 4.79 Å². The molecule has 1 saturated heterocycles. The third kappa shape index (κ3) is 1.60. The van der Waals surface area contributed by atoms with Gasteiger partial charge in [0.2, 0.25) is 0 Å². The first kappa shape index (κ1) is 7.84. The number of hydrogen-bond acceptors (Lipinski definition) is 3. The lowest BCUT2D eigenvalue weighted by molar-refractivity contribution is -0.152. The van der Waals surface area contributed by atoms with Gasteiger partial charge in [-0.3, -0.25) is 9.69 Å². The normalized spacial score (nSPS) is 24.6. The van der Waals surface area contributed by atoms with Crippen molar-refractivity contribution in [2.75, 3.05) is 13.2 Å². The number of hydrogen-bond donors (Lipinski definition) is 1. The molecule has 62 valence electrons. The Morgan fingerprint density at radius 2 is 2.45 bits per heavy atom. The predicted molar refractivity (Wildman–Crippen MR) is 35.2 cm³/mol. The molecule has 1 fully saturated rings. The summed E-state index contributed by atoms with van der Waals surface area (Å²) in [4.78, 5) is 22.1. The number of nitrogens with zero attached hydrogens (tertiary/aromatic N) is 1. The van der Waals surface area contributed by atoms with Gasteiger partial charge in [0.1, 0.15) is 13.2 Å². The van der Waals surface area contributed by atoms with Crippen LogP contribution < -0.4 is 0 Å². The average molecular weight is 159 g/mol. The molecule has 11 heavy (non-hydrogen) atoms. The molecule has 1 N–H and O–H groups in total. The van der Waals surface area contributed by atoms with E-state index in [2.05, 4.69) is 4.74 Å². The van der Waals surface area contributed by atoms with Crippen molar-refractivity contribution in [1.82, 2.24) is 4.90 Å². The Kier molecular flexibility index (Phi) is 1.98. The SMILES string of the molecule is C[C@H]1COC(=O)CN1C(=O)O. The third-order valence-electron chi connectivity index (χ3n) is 1.56. The van der Waals surface area contributed by atoms with E-state index in [9.17, 15) is 9.59 Å². The maximum Gasteiger partial charge on any atom is 0.408 e. The monoisotopic (exact) mass is 159 g/mol. The molecule has 0 saturated carbocycles. The highest BCUT2D eigenvalue weighted by molar-refractivity contribution is 5.78. The number of ether oxygens (including phenoxy) is 1. The molecular formula is C6H9NO4. The Morgan fingerprint density at radius 3 is 2.91 bits per heavy atom. The zero-order valence-electron chi connectivity index (χ0n) is 6.11. The van der Waals surface area contributed by atoms with Crippen molar-refractivity contribution in [3.8, 4) is 0 Å². The van der Waals surface area contributed by atoms with Crippen LogP contribution in [0, 0.1) is 0 Å². The summed E-state index contributed by atoms with van der Waals surface area (Å²) in [6.07, 6.45) is -1.07. The molecule has 0 spiro atoms. The van der Waals surface area contributed by atoms with Gasteiger partial charge >= 0.3 is 12.1 Å². The fraction of sp³-hybridized carbons (Fsp3) is 0.667. The van der Waals surface area contributed by atoms with Crippen molar-refractivity contribution in [2.45, 2.75) is 13.0 Å². The molecule has 0 bridgehead atoms. The molecular weight excluding hydrogens is 150 g/mol. The minimum absolute atomic E-state index is 0.156. The van der Waals surface area contributed by atoms with Crippen LogP contribution >= 0.6 is 0 Å². The number of cyclic esters (lactones) is 1. The van der Waals surface area contributed by atoms with E-state index < -0.39 is 12.1 Å². The summed E-state index contributed by atoms with van der Waals surface area (Å²) >= 11 is 0. The Labute approximate surface area is 63.5 Å². The Morgan fingerprint density at radius 1 is 1.82 bits per heavy atom. The van der Waals surface area contributed by atoms with Crippen molar-refractivity contribution in [2.24, 2.45) is 0 Å². The van der Waals surface area contributed by atoms with Crippen molar-refractivity contribution in [3.05, 3.63) is 0 Å². The summed E-state index contributed by atoms with van der Waals surface area (Å²) in [6, 6.07) is -0.231. The quantitative estimate of drug-likeness (QED) is 0.501. The van der Waals surface area contributed by atoms with Crippen LogP contribution in [0.5, 0.6) is 0 Å². The smallest absolute Gasteiger partial charge is 0.408 e. The lowest BCUT2D eigenvalue weighted by atomic mass is 10.3. The van der Waals surface area contributed by atoms with Gasteiger partial charge in [0.25, 0.3) is 0 Å². The minimum atomic E-state index is -1.07. The summed E-state index contributed by atoms with van der Waals surface area (Å²) in [5, 5.41) is 8.54. The number of morpholine rings is 1. The molecule has 1 rings (SSSR count). The Hall–Kier alpha value is -1.26. The van der Waals surface area contributed by atoms with Gasteiger partial charge in [-0.1, -0.05) is 0 Å². The highest BCUT2D eigenvalue weighted by Gasteiger charge is 2.28. The standard InChI is InChI=1S/C6H9NO4/c1-4-3-11-5(8)2-7(4)6(9)10/h4H,2-3H2,1H3,(H,9,10)/t4-/m0/s1. The van der Waals surface area contributed by atoms with Crippen LogP contribution in [0.1, 0.15) is 6.92 Å². The molecule has 1 heterocycles. The van der Waals surface area contributed by atoms with Crippen LogP contribution in [0.2, 0.25) is 0 Å². The lowest BCUT2D eigenvalue weighted by Crippen LogP contribution is -2.48. The first-order valence-electron chi connectivity index (χ1n) is 3.26. The van der Waals surface area contributed by atoms with Crippen LogP contribution in [-0.4, -0.2) is 41.3 Å². The lowest BCUT2D eigenvalue weighted by Gasteiger charge is -2.29. The molecule has 1 aliphatic rings. The molecule has 1 atom stereocenters. The zero-order valence-corrected chi connectivity index (χ0v) is 6.11. The highest BCUT2D eigenvalue weighted by Crippen LogP contribution is 2.06. The highest BCUT2D eigenvalue weighted by atomic mass is 16.5. The average Bonchev–Trinajstić information content (AvgIpc) is 1.94. The summed E-state index contributed by atoms with van der Waals surface area (Å²) in [5.41, 5.74) is 0. The molecule has 0 radical (unpaired) electrons. The van der Waals surface area contributed by atoms with E-state index in [1.54, 1.807) is 6.92 Å². The second-order valence-electron chi connectivity index (χ2n) is 2.44. The number of carbonyl (C=O) groups excluding carboxylic acids is 1. The van der Waals surface area contributed by atoms with Crippen LogP contribution in [-0.2, 0) is 9.53 Å². The van der Waals surface area contributed by atoms with Gasteiger partial charge < -0.3 is 9.84 Å². The first-order valence-corrected chi connectivity index (χ1v) is 3.26. The van der Waals surface area contributed by atoms with Crippen molar-refractivity contribution in [3.63, 3.8) is 0 Å². The number of rotatable bonds is 0. The number of amides is 1. The molecule has 1 aliphatic heterocycles. The van der Waals surface area contributed by atoms with Gasteiger partial charge in [0.05, 0.1) is 6.04 Å². The van der Waals surface area contributed by atoms with Crippen LogP contribution in [0.3, 0.4) is 0 Å². The molecule has 0 aromatic rings. The van der Waals surface area contributed by atoms with Gasteiger partial charge in [-0.2, -0.15) is 0 Å². The minimum Gasteiger partial charge on any atom is -0.465 e. The largest absolute Gasteiger partial charge is 0.465 e. The number of esters is 1. The molecule has 0 aromatic carbocycles. The zero-order chi connectivity index (χ0) is 8.43. The van der Waals surface area contributed by atoms with E-state index in [-0.39, 0.29) is 19.2 Å². The number of carbonyl (C=O) groups is 2. The maximum absolute atomic E-state index is 10.6. The van der Waals surface area contributed by atoms with E-state index in [4.69, 9.17) is 5.11 Å². The van der Waals surface area contributed by atoms with Crippen LogP contribution in [0.4, 0.5) is 4.79 Å². The maximum atomic E-state index is 10.6. The van der Waals surface area contributed by atoms with Crippen LogP contribution in [0.25, 0.3) is 0 Å². The second-order valence-corrected chi connectivity index (χ2v) is 2.44. The summed E-state index contributed by atoms with van der Waals surface area (Å²) in [7, 11) is 0. The van der Waals surface area contributed by atoms with Gasteiger partial charge in [0.15, 0.2) is 0 Å². The van der Waals surface area contributed by atoms with Crippen molar-refractivity contribution < 1.29 is 19.4 Å². The summed E-state index contributed by atoms with van der Waals surface area (Å²) < 4.78 is 4.63. The van der Waals surface area contributed by atoms with Crippen molar-refractivity contribution >= 4 is 12.1 Å². The van der Waals surface area contributed by atoms with Gasteiger partial charge in [-0.05, 0) is 6.92 Å². The van der Waals surface area contributed by atoms with Gasteiger partial charge in [0, 0.05) is 0 Å². The third-order valence-corrected chi connectivity index (χ3v) is 1.56. The molecule has 1 amide bonds. The molecule has 0 aliphatic carbocycles. The second kappa shape index (κ2) is 2.77. The van der Waals surface area contributed by atoms with E-state index >= 15 is 0 Å². The van der Waals surface area contributed by atoms with E-state index in [0.29, 0.717) is 0 Å². The topological polar surface area (TPSA) is 66.8 Å². The fourth-order valence-corrected chi connectivity index (χ4v) is 0.900. The van der Waals surface area contributed by atoms with Crippen LogP contribution in [0.15, 0.2) is 0 Å². The summed E-state index contributed by atoms with van der Waals surface area (Å²) in [6.45, 7) is 1.70. The van der Waals surface area contributed by atoms with E-state index in [1.165, 1.54) is 0 Å². The van der Waals surface area contributed by atoms with Gasteiger partial charge in [-0.15, -0.1) is 0 Å². The molecule has 0 unspecified atom stereocenters. The Balaban J connectivity index is 2.61. The number of carboxylic acid groups (broad SMARTS) is 1. The van der Waals surface area contributed by atoms with E-state index in [1.807, 2.05) is 0 Å². The molecule has 5 heteroatoms. The fourth-order valence-electron chi connectivity index (χ4n) is 0.900. The predicted octanol–water partition coefficient (Wildman–Crippen LogP) is -0.0883. The first-order chi connectivity index (χ1) is 5.11. The van der Waals surface area contributed by atoms with Crippen molar-refractivity contribution in [1.29, 1.82) is 0 Å². The summed E-state index contributed by atoms with van der Waals surface area (Å²) in [5.74, 6) is -0.481. The molecule has 0 aromatic heterocycles.